The Labute approximate surface area is 117 Å². The molecule has 0 fully saturated rings. The van der Waals surface area contributed by atoms with Gasteiger partial charge in [-0.25, -0.2) is 9.18 Å². The van der Waals surface area contributed by atoms with Crippen LogP contribution >= 0.6 is 0 Å². The molecule has 0 aliphatic carbocycles. The summed E-state index contributed by atoms with van der Waals surface area (Å²) >= 11 is 0. The molecule has 4 nitrogen and oxygen atoms in total. The highest BCUT2D eigenvalue weighted by Gasteiger charge is 2.20. The highest BCUT2D eigenvalue weighted by atomic mass is 19.1. The third kappa shape index (κ3) is 3.91. The summed E-state index contributed by atoms with van der Waals surface area (Å²) in [6.07, 6.45) is 2.27. The summed E-state index contributed by atoms with van der Waals surface area (Å²) in [7, 11) is 0. The Balaban J connectivity index is 3.14. The standard InChI is InChI=1S/C15H18FNO3/c1-4-17(10(2)3)15(20)12-9-11(5-7-13(12)16)6-8-14(18)19/h5-10H,4H2,1-3H3,(H,18,19). The van der Waals surface area contributed by atoms with E-state index >= 15 is 0 Å². The van der Waals surface area contributed by atoms with Crippen molar-refractivity contribution >= 4 is 18.0 Å². The van der Waals surface area contributed by atoms with Gasteiger partial charge < -0.3 is 10.0 Å². The van der Waals surface area contributed by atoms with Gasteiger partial charge in [0.15, 0.2) is 0 Å². The van der Waals surface area contributed by atoms with Crippen molar-refractivity contribution in [2.45, 2.75) is 26.8 Å². The number of benzene rings is 1. The lowest BCUT2D eigenvalue weighted by molar-refractivity contribution is -0.131. The fourth-order valence-corrected chi connectivity index (χ4v) is 1.88. The van der Waals surface area contributed by atoms with E-state index in [1.54, 1.807) is 4.90 Å². The molecule has 5 heteroatoms. The van der Waals surface area contributed by atoms with Gasteiger partial charge in [-0.3, -0.25) is 4.79 Å². The average Bonchev–Trinajstić information content (AvgIpc) is 2.37. The molecule has 0 aromatic heterocycles. The molecule has 0 heterocycles. The molecule has 0 saturated heterocycles. The van der Waals surface area contributed by atoms with Crippen molar-refractivity contribution in [1.29, 1.82) is 0 Å². The number of hydrogen-bond donors (Lipinski definition) is 1. The Hall–Kier alpha value is -2.17. The van der Waals surface area contributed by atoms with Crippen molar-refractivity contribution in [3.63, 3.8) is 0 Å². The molecule has 1 rings (SSSR count). The van der Waals surface area contributed by atoms with Crippen molar-refractivity contribution < 1.29 is 19.1 Å². The summed E-state index contributed by atoms with van der Waals surface area (Å²) in [5, 5.41) is 8.57. The molecule has 0 atom stereocenters. The fraction of sp³-hybridized carbons (Fsp3) is 0.333. The number of carbonyl (C=O) groups excluding carboxylic acids is 1. The smallest absolute Gasteiger partial charge is 0.328 e. The van der Waals surface area contributed by atoms with Crippen LogP contribution in [0.3, 0.4) is 0 Å². The third-order valence-electron chi connectivity index (χ3n) is 2.86. The molecule has 0 spiro atoms. The van der Waals surface area contributed by atoms with E-state index in [0.29, 0.717) is 12.1 Å². The first-order valence-electron chi connectivity index (χ1n) is 6.38. The molecule has 0 radical (unpaired) electrons. The summed E-state index contributed by atoms with van der Waals surface area (Å²) in [6, 6.07) is 3.92. The van der Waals surface area contributed by atoms with Gasteiger partial charge in [-0.1, -0.05) is 6.07 Å². The maximum atomic E-state index is 13.8. The molecule has 1 aromatic rings. The second-order valence-corrected chi connectivity index (χ2v) is 4.60. The Bertz CT molecular complexity index is 538. The molecule has 0 aliphatic rings. The van der Waals surface area contributed by atoms with Crippen LogP contribution in [0.1, 0.15) is 36.7 Å². The molecule has 0 saturated carbocycles. The fourth-order valence-electron chi connectivity index (χ4n) is 1.88. The van der Waals surface area contributed by atoms with Crippen LogP contribution in [-0.2, 0) is 4.79 Å². The van der Waals surface area contributed by atoms with E-state index in [1.165, 1.54) is 24.3 Å². The van der Waals surface area contributed by atoms with Crippen LogP contribution in [0.5, 0.6) is 0 Å². The molecule has 108 valence electrons. The van der Waals surface area contributed by atoms with Crippen LogP contribution in [0, 0.1) is 5.82 Å². The topological polar surface area (TPSA) is 57.6 Å². The van der Waals surface area contributed by atoms with Gasteiger partial charge >= 0.3 is 5.97 Å². The Morgan fingerprint density at radius 1 is 1.40 bits per heavy atom. The molecule has 1 N–H and O–H groups in total. The summed E-state index contributed by atoms with van der Waals surface area (Å²) in [5.41, 5.74) is 0.421. The van der Waals surface area contributed by atoms with E-state index in [4.69, 9.17) is 5.11 Å². The van der Waals surface area contributed by atoms with Gasteiger partial charge in [0, 0.05) is 18.7 Å². The van der Waals surface area contributed by atoms with Gasteiger partial charge in [-0.2, -0.15) is 0 Å². The largest absolute Gasteiger partial charge is 0.478 e. The molecule has 1 aromatic carbocycles. The van der Waals surface area contributed by atoms with Crippen LogP contribution in [0.25, 0.3) is 6.08 Å². The predicted octanol–water partition coefficient (Wildman–Crippen LogP) is 2.79. The SMILES string of the molecule is CCN(C(=O)c1cc(C=CC(=O)O)ccc1F)C(C)C. The van der Waals surface area contributed by atoms with E-state index in [9.17, 15) is 14.0 Å². The van der Waals surface area contributed by atoms with E-state index in [1.807, 2.05) is 20.8 Å². The predicted molar refractivity (Wildman–Crippen MR) is 74.9 cm³/mol. The second kappa shape index (κ2) is 6.84. The zero-order valence-corrected chi connectivity index (χ0v) is 11.8. The van der Waals surface area contributed by atoms with Gasteiger partial charge in [0.05, 0.1) is 5.56 Å². The number of halogens is 1. The normalized spacial score (nSPS) is 11.1. The van der Waals surface area contributed by atoms with E-state index in [-0.39, 0.29) is 11.6 Å². The lowest BCUT2D eigenvalue weighted by Crippen LogP contribution is -2.37. The number of rotatable bonds is 5. The minimum atomic E-state index is -1.10. The quantitative estimate of drug-likeness (QED) is 0.843. The van der Waals surface area contributed by atoms with Crippen LogP contribution < -0.4 is 0 Å². The maximum absolute atomic E-state index is 13.8. The Morgan fingerprint density at radius 2 is 2.05 bits per heavy atom. The molecule has 0 bridgehead atoms. The van der Waals surface area contributed by atoms with Crippen molar-refractivity contribution in [2.24, 2.45) is 0 Å². The summed E-state index contributed by atoms with van der Waals surface area (Å²) in [5.74, 6) is -2.10. The molecule has 20 heavy (non-hydrogen) atoms. The second-order valence-electron chi connectivity index (χ2n) is 4.60. The monoisotopic (exact) mass is 279 g/mol. The number of amides is 1. The van der Waals surface area contributed by atoms with Crippen LogP contribution in [0.15, 0.2) is 24.3 Å². The lowest BCUT2D eigenvalue weighted by atomic mass is 10.1. The van der Waals surface area contributed by atoms with E-state index in [2.05, 4.69) is 0 Å². The number of nitrogens with zero attached hydrogens (tertiary/aromatic N) is 1. The van der Waals surface area contributed by atoms with Crippen LogP contribution in [-0.4, -0.2) is 34.5 Å². The van der Waals surface area contributed by atoms with E-state index in [0.717, 1.165) is 6.08 Å². The minimum Gasteiger partial charge on any atom is -0.478 e. The molecule has 0 unspecified atom stereocenters. The first-order chi connectivity index (χ1) is 9.36. The van der Waals surface area contributed by atoms with Crippen molar-refractivity contribution in [3.8, 4) is 0 Å². The average molecular weight is 279 g/mol. The summed E-state index contributed by atoms with van der Waals surface area (Å²) in [4.78, 5) is 24.3. The van der Waals surface area contributed by atoms with Gasteiger partial charge in [-0.05, 0) is 44.5 Å². The summed E-state index contributed by atoms with van der Waals surface area (Å²) in [6.45, 7) is 6.01. The van der Waals surface area contributed by atoms with E-state index < -0.39 is 17.7 Å². The number of carboxylic acid groups (broad SMARTS) is 1. The minimum absolute atomic E-state index is 0.0369. The Morgan fingerprint density at radius 3 is 2.55 bits per heavy atom. The number of hydrogen-bond acceptors (Lipinski definition) is 2. The molecular formula is C15H18FNO3. The third-order valence-corrected chi connectivity index (χ3v) is 2.86. The molecule has 1 amide bonds. The zero-order chi connectivity index (χ0) is 15.3. The molecule has 0 aliphatic heterocycles. The number of carboxylic acids is 1. The van der Waals surface area contributed by atoms with Crippen LogP contribution in [0.2, 0.25) is 0 Å². The van der Waals surface area contributed by atoms with Crippen molar-refractivity contribution in [2.75, 3.05) is 6.54 Å². The van der Waals surface area contributed by atoms with Gasteiger partial charge in [0.2, 0.25) is 0 Å². The summed E-state index contributed by atoms with van der Waals surface area (Å²) < 4.78 is 13.8. The van der Waals surface area contributed by atoms with Gasteiger partial charge in [-0.15, -0.1) is 0 Å². The first-order valence-corrected chi connectivity index (χ1v) is 6.38. The molecular weight excluding hydrogens is 261 g/mol. The maximum Gasteiger partial charge on any atom is 0.328 e. The highest BCUT2D eigenvalue weighted by Crippen LogP contribution is 2.16. The van der Waals surface area contributed by atoms with Gasteiger partial charge in [0.25, 0.3) is 5.91 Å². The van der Waals surface area contributed by atoms with Gasteiger partial charge in [0.1, 0.15) is 5.82 Å². The Kier molecular flexibility index (Phi) is 5.43. The van der Waals surface area contributed by atoms with Crippen molar-refractivity contribution in [3.05, 3.63) is 41.2 Å². The number of aliphatic carboxylic acids is 1. The number of carbonyl (C=O) groups is 2. The van der Waals surface area contributed by atoms with Crippen LogP contribution in [0.4, 0.5) is 4.39 Å². The zero-order valence-electron chi connectivity index (χ0n) is 11.8. The first kappa shape index (κ1) is 15.9. The highest BCUT2D eigenvalue weighted by molar-refractivity contribution is 5.95. The van der Waals surface area contributed by atoms with Crippen molar-refractivity contribution in [1.82, 2.24) is 4.90 Å². The lowest BCUT2D eigenvalue weighted by Gasteiger charge is -2.25.